The van der Waals surface area contributed by atoms with Gasteiger partial charge in [-0.15, -0.1) is 11.3 Å². The average Bonchev–Trinajstić information content (AvgIpc) is 3.14. The Morgan fingerprint density at radius 2 is 1.90 bits per heavy atom. The molecular weight excluding hydrogens is 282 g/mol. The summed E-state index contributed by atoms with van der Waals surface area (Å²) in [5, 5.41) is 12.4. The van der Waals surface area contributed by atoms with Gasteiger partial charge >= 0.3 is 0 Å². The number of aromatic hydroxyl groups is 1. The minimum atomic E-state index is 0.241. The Labute approximate surface area is 124 Å². The number of fused-ring (bicyclic) bond motifs is 1. The first-order valence-corrected chi connectivity index (χ1v) is 7.37. The van der Waals surface area contributed by atoms with E-state index in [0.717, 1.165) is 33.1 Å². The second-order valence-electron chi connectivity index (χ2n) is 4.69. The molecule has 0 aliphatic rings. The lowest BCUT2D eigenvalue weighted by molar-refractivity contribution is 0.475. The number of nitrogens with one attached hydrogen (secondary N) is 1. The number of phenolic OH excluding ortho intramolecular Hbond substituents is 1. The third-order valence-electron chi connectivity index (χ3n) is 3.24. The molecule has 2 N–H and O–H groups in total. The number of para-hydroxylation sites is 2. The van der Waals surface area contributed by atoms with Gasteiger partial charge < -0.3 is 10.1 Å². The average molecular weight is 293 g/mol. The maximum absolute atomic E-state index is 9.55. The molecule has 0 unspecified atom stereocenters. The Morgan fingerprint density at radius 3 is 2.76 bits per heavy atom. The van der Waals surface area contributed by atoms with E-state index in [9.17, 15) is 5.11 Å². The summed E-state index contributed by atoms with van der Waals surface area (Å²) < 4.78 is 0. The van der Waals surface area contributed by atoms with Gasteiger partial charge in [0.2, 0.25) is 0 Å². The fourth-order valence-corrected chi connectivity index (χ4v) is 3.01. The molecule has 0 spiro atoms. The van der Waals surface area contributed by atoms with Crippen molar-refractivity contribution in [2.24, 2.45) is 0 Å². The summed E-state index contributed by atoms with van der Waals surface area (Å²) in [6.07, 6.45) is 0. The standard InChI is InChI=1S/C16H11N3OS/c20-11-5-3-4-10(8-11)14-9-21-16(19-14)15-17-12-6-1-2-7-13(12)18-15/h1-9,20H,(H,17,18). The molecule has 0 aliphatic carbocycles. The highest BCUT2D eigenvalue weighted by Gasteiger charge is 2.10. The van der Waals surface area contributed by atoms with Crippen molar-refractivity contribution in [3.8, 4) is 27.8 Å². The van der Waals surface area contributed by atoms with Crippen LogP contribution in [0.25, 0.3) is 33.1 Å². The van der Waals surface area contributed by atoms with E-state index >= 15 is 0 Å². The second-order valence-corrected chi connectivity index (χ2v) is 5.55. The summed E-state index contributed by atoms with van der Waals surface area (Å²) in [5.41, 5.74) is 3.67. The smallest absolute Gasteiger partial charge is 0.167 e. The molecule has 0 bridgehead atoms. The highest BCUT2D eigenvalue weighted by atomic mass is 32.1. The van der Waals surface area contributed by atoms with Gasteiger partial charge in [-0.05, 0) is 24.3 Å². The number of phenols is 1. The SMILES string of the molecule is Oc1cccc(-c2csc(-c3nc4ccccc4[nH]3)n2)c1. The first kappa shape index (κ1) is 12.1. The summed E-state index contributed by atoms with van der Waals surface area (Å²) in [7, 11) is 0. The van der Waals surface area contributed by atoms with Crippen LogP contribution in [-0.2, 0) is 0 Å². The maximum Gasteiger partial charge on any atom is 0.167 e. The summed E-state index contributed by atoms with van der Waals surface area (Å²) in [4.78, 5) is 12.4. The Hall–Kier alpha value is -2.66. The van der Waals surface area contributed by atoms with Crippen LogP contribution in [0.4, 0.5) is 0 Å². The zero-order valence-electron chi connectivity index (χ0n) is 10.9. The van der Waals surface area contributed by atoms with Gasteiger partial charge in [0.15, 0.2) is 10.8 Å². The molecule has 4 aromatic rings. The lowest BCUT2D eigenvalue weighted by Gasteiger charge is -1.96. The van der Waals surface area contributed by atoms with Gasteiger partial charge in [-0.1, -0.05) is 24.3 Å². The van der Waals surface area contributed by atoms with Gasteiger partial charge in [-0.3, -0.25) is 0 Å². The van der Waals surface area contributed by atoms with Crippen molar-refractivity contribution < 1.29 is 5.11 Å². The van der Waals surface area contributed by atoms with Crippen molar-refractivity contribution in [3.63, 3.8) is 0 Å². The number of hydrogen-bond acceptors (Lipinski definition) is 4. The second kappa shape index (κ2) is 4.71. The van der Waals surface area contributed by atoms with E-state index in [4.69, 9.17) is 0 Å². The van der Waals surface area contributed by atoms with E-state index in [2.05, 4.69) is 15.0 Å². The van der Waals surface area contributed by atoms with Gasteiger partial charge in [-0.2, -0.15) is 0 Å². The molecule has 0 aliphatic heterocycles. The van der Waals surface area contributed by atoms with Gasteiger partial charge in [0, 0.05) is 10.9 Å². The highest BCUT2D eigenvalue weighted by molar-refractivity contribution is 7.13. The number of rotatable bonds is 2. The molecule has 0 atom stereocenters. The molecule has 102 valence electrons. The maximum atomic E-state index is 9.55. The molecular formula is C16H11N3OS. The quantitative estimate of drug-likeness (QED) is 0.586. The molecule has 5 heteroatoms. The third kappa shape index (κ3) is 2.17. The van der Waals surface area contributed by atoms with Gasteiger partial charge in [0.1, 0.15) is 5.75 Å². The van der Waals surface area contributed by atoms with Crippen LogP contribution >= 0.6 is 11.3 Å². The molecule has 4 nitrogen and oxygen atoms in total. The zero-order chi connectivity index (χ0) is 14.2. The van der Waals surface area contributed by atoms with E-state index in [0.29, 0.717) is 0 Å². The molecule has 0 saturated carbocycles. The first-order valence-electron chi connectivity index (χ1n) is 6.50. The van der Waals surface area contributed by atoms with Crippen LogP contribution in [-0.4, -0.2) is 20.1 Å². The molecule has 4 rings (SSSR count). The first-order chi connectivity index (χ1) is 10.3. The fourth-order valence-electron chi connectivity index (χ4n) is 2.23. The van der Waals surface area contributed by atoms with Crippen molar-refractivity contribution in [2.45, 2.75) is 0 Å². The summed E-state index contributed by atoms with van der Waals surface area (Å²) in [6.45, 7) is 0. The van der Waals surface area contributed by atoms with Crippen molar-refractivity contribution in [1.82, 2.24) is 15.0 Å². The molecule has 21 heavy (non-hydrogen) atoms. The van der Waals surface area contributed by atoms with Gasteiger partial charge in [0.25, 0.3) is 0 Å². The van der Waals surface area contributed by atoms with Crippen LogP contribution in [0.1, 0.15) is 0 Å². The van der Waals surface area contributed by atoms with Crippen LogP contribution in [0.3, 0.4) is 0 Å². The Kier molecular flexibility index (Phi) is 2.72. The molecule has 2 aromatic carbocycles. The number of benzene rings is 2. The molecule has 0 fully saturated rings. The van der Waals surface area contributed by atoms with Crippen molar-refractivity contribution in [1.29, 1.82) is 0 Å². The highest BCUT2D eigenvalue weighted by Crippen LogP contribution is 2.29. The summed E-state index contributed by atoms with van der Waals surface area (Å²) in [6, 6.07) is 15.0. The normalized spacial score (nSPS) is 11.0. The van der Waals surface area contributed by atoms with Crippen LogP contribution in [0, 0.1) is 0 Å². The Morgan fingerprint density at radius 1 is 1.00 bits per heavy atom. The van der Waals surface area contributed by atoms with Crippen molar-refractivity contribution in [2.75, 3.05) is 0 Å². The number of H-pyrrole nitrogens is 1. The number of hydrogen-bond donors (Lipinski definition) is 2. The van der Waals surface area contributed by atoms with Crippen molar-refractivity contribution in [3.05, 3.63) is 53.9 Å². The van der Waals surface area contributed by atoms with Crippen LogP contribution < -0.4 is 0 Å². The minimum absolute atomic E-state index is 0.241. The molecule has 2 heterocycles. The predicted octanol–water partition coefficient (Wildman–Crippen LogP) is 4.06. The molecule has 0 amide bonds. The molecule has 2 aromatic heterocycles. The minimum Gasteiger partial charge on any atom is -0.508 e. The van der Waals surface area contributed by atoms with Crippen LogP contribution in [0.15, 0.2) is 53.9 Å². The van der Waals surface area contributed by atoms with E-state index in [1.807, 2.05) is 41.8 Å². The largest absolute Gasteiger partial charge is 0.508 e. The van der Waals surface area contributed by atoms with Gasteiger partial charge in [-0.25, -0.2) is 9.97 Å². The van der Waals surface area contributed by atoms with E-state index in [1.165, 1.54) is 11.3 Å². The van der Waals surface area contributed by atoms with E-state index < -0.39 is 0 Å². The Balaban J connectivity index is 1.77. The van der Waals surface area contributed by atoms with Crippen LogP contribution in [0.2, 0.25) is 0 Å². The van der Waals surface area contributed by atoms with Crippen molar-refractivity contribution >= 4 is 22.4 Å². The topological polar surface area (TPSA) is 61.8 Å². The Bertz CT molecular complexity index is 893. The zero-order valence-corrected chi connectivity index (χ0v) is 11.8. The summed E-state index contributed by atoms with van der Waals surface area (Å²) in [5.74, 6) is 1.01. The summed E-state index contributed by atoms with van der Waals surface area (Å²) >= 11 is 1.53. The fraction of sp³-hybridized carbons (Fsp3) is 0. The number of aromatic amines is 1. The predicted molar refractivity (Wildman–Crippen MR) is 84.3 cm³/mol. The number of imidazole rings is 1. The number of thiazole rings is 1. The molecule has 0 radical (unpaired) electrons. The van der Waals surface area contributed by atoms with Gasteiger partial charge in [0.05, 0.1) is 16.7 Å². The molecule has 0 saturated heterocycles. The van der Waals surface area contributed by atoms with Crippen LogP contribution in [0.5, 0.6) is 5.75 Å². The monoisotopic (exact) mass is 293 g/mol. The third-order valence-corrected chi connectivity index (χ3v) is 4.09. The lowest BCUT2D eigenvalue weighted by atomic mass is 10.2. The van der Waals surface area contributed by atoms with E-state index in [-0.39, 0.29) is 5.75 Å². The van der Waals surface area contributed by atoms with E-state index in [1.54, 1.807) is 12.1 Å². The lowest BCUT2D eigenvalue weighted by Crippen LogP contribution is -1.81. The number of nitrogens with zero attached hydrogens (tertiary/aromatic N) is 2. The number of aromatic nitrogens is 3.